The molecule has 3 heterocycles. The zero-order valence-electron chi connectivity index (χ0n) is 11.9. The predicted molar refractivity (Wildman–Crippen MR) is 81.6 cm³/mol. The Morgan fingerprint density at radius 3 is 3.00 bits per heavy atom. The van der Waals surface area contributed by atoms with Gasteiger partial charge in [0.2, 0.25) is 5.75 Å². The number of nitrogens with one attached hydrogen (secondary N) is 1. The first-order valence-electron chi connectivity index (χ1n) is 7.32. The van der Waals surface area contributed by atoms with Crippen molar-refractivity contribution in [3.63, 3.8) is 0 Å². The summed E-state index contributed by atoms with van der Waals surface area (Å²) in [5.41, 5.74) is 7.68. The topological polar surface area (TPSA) is 82.2 Å². The van der Waals surface area contributed by atoms with E-state index in [2.05, 4.69) is 10.3 Å². The van der Waals surface area contributed by atoms with Crippen LogP contribution in [-0.4, -0.2) is 22.2 Å². The summed E-state index contributed by atoms with van der Waals surface area (Å²) >= 11 is 0. The van der Waals surface area contributed by atoms with E-state index >= 15 is 0 Å². The fourth-order valence-corrected chi connectivity index (χ4v) is 3.08. The number of nitrogen functional groups attached to an aromatic ring is 1. The molecule has 4 rings (SSSR count). The molecule has 1 aliphatic carbocycles. The molecule has 1 aliphatic heterocycles. The van der Waals surface area contributed by atoms with E-state index in [1.807, 2.05) is 6.07 Å². The number of pyridine rings is 2. The van der Waals surface area contributed by atoms with E-state index in [9.17, 15) is 4.79 Å². The Morgan fingerprint density at radius 2 is 2.24 bits per heavy atom. The minimum Gasteiger partial charge on any atom is -0.486 e. The molecule has 0 unspecified atom stereocenters. The smallest absolute Gasteiger partial charge is 0.296 e. The van der Waals surface area contributed by atoms with Crippen LogP contribution in [0, 0.1) is 5.92 Å². The molecule has 2 aromatic rings. The van der Waals surface area contributed by atoms with Crippen LogP contribution in [0.25, 0.3) is 11.0 Å². The van der Waals surface area contributed by atoms with Gasteiger partial charge < -0.3 is 15.8 Å². The van der Waals surface area contributed by atoms with Gasteiger partial charge in [0.25, 0.3) is 5.56 Å². The maximum Gasteiger partial charge on any atom is 0.296 e. The van der Waals surface area contributed by atoms with E-state index in [1.165, 1.54) is 17.4 Å². The van der Waals surface area contributed by atoms with Crippen molar-refractivity contribution in [2.24, 2.45) is 13.0 Å². The van der Waals surface area contributed by atoms with Crippen LogP contribution >= 0.6 is 0 Å². The van der Waals surface area contributed by atoms with Crippen LogP contribution in [0.2, 0.25) is 0 Å². The lowest BCUT2D eigenvalue weighted by molar-refractivity contribution is 0.303. The second kappa shape index (κ2) is 4.38. The lowest BCUT2D eigenvalue weighted by atomic mass is 10.1. The Morgan fingerprint density at radius 1 is 1.43 bits per heavy atom. The molecule has 1 fully saturated rings. The van der Waals surface area contributed by atoms with Crippen LogP contribution in [0.5, 0.6) is 5.75 Å². The largest absolute Gasteiger partial charge is 0.486 e. The van der Waals surface area contributed by atoms with Gasteiger partial charge in [-0.3, -0.25) is 9.36 Å². The third-order valence-electron chi connectivity index (χ3n) is 4.40. The van der Waals surface area contributed by atoms with E-state index in [4.69, 9.17) is 10.5 Å². The van der Waals surface area contributed by atoms with Crippen LogP contribution in [-0.2, 0) is 7.05 Å². The van der Waals surface area contributed by atoms with Crippen LogP contribution in [0.4, 0.5) is 11.4 Å². The number of nitrogens with two attached hydrogens (primary N) is 1. The molecule has 0 amide bonds. The normalized spacial score (nSPS) is 21.3. The van der Waals surface area contributed by atoms with Gasteiger partial charge in [-0.1, -0.05) is 0 Å². The Bertz CT molecular complexity index is 779. The Balaban J connectivity index is 1.98. The number of anilines is 2. The van der Waals surface area contributed by atoms with Gasteiger partial charge in [0.15, 0.2) is 0 Å². The Hall–Kier alpha value is -2.24. The summed E-state index contributed by atoms with van der Waals surface area (Å²) in [6.07, 6.45) is 4.98. The zero-order chi connectivity index (χ0) is 14.6. The van der Waals surface area contributed by atoms with Gasteiger partial charge in [0.05, 0.1) is 24.2 Å². The van der Waals surface area contributed by atoms with Gasteiger partial charge in [0, 0.05) is 24.9 Å². The fourth-order valence-electron chi connectivity index (χ4n) is 3.08. The van der Waals surface area contributed by atoms with E-state index in [1.54, 1.807) is 13.2 Å². The van der Waals surface area contributed by atoms with Crippen molar-refractivity contribution in [2.75, 3.05) is 17.7 Å². The first-order valence-corrected chi connectivity index (χ1v) is 7.32. The summed E-state index contributed by atoms with van der Waals surface area (Å²) < 4.78 is 7.27. The van der Waals surface area contributed by atoms with Crippen LogP contribution < -0.4 is 21.3 Å². The number of aromatic nitrogens is 2. The van der Waals surface area contributed by atoms with Gasteiger partial charge >= 0.3 is 0 Å². The zero-order valence-corrected chi connectivity index (χ0v) is 11.9. The molecule has 6 nitrogen and oxygen atoms in total. The van der Waals surface area contributed by atoms with Crippen molar-refractivity contribution in [2.45, 2.75) is 25.3 Å². The SMILES string of the molecule is Cn1c(=O)c2c(c3cc(N)cnc31)N[C@@H](C1CC1)CCO2. The van der Waals surface area contributed by atoms with E-state index < -0.39 is 0 Å². The number of aryl methyl sites for hydroxylation is 1. The molecular formula is C15H18N4O2. The first kappa shape index (κ1) is 12.5. The van der Waals surface area contributed by atoms with Gasteiger partial charge in [-0.25, -0.2) is 4.98 Å². The van der Waals surface area contributed by atoms with Crippen LogP contribution in [0.1, 0.15) is 19.3 Å². The number of hydrogen-bond acceptors (Lipinski definition) is 5. The summed E-state index contributed by atoms with van der Waals surface area (Å²) in [5, 5.41) is 4.37. The van der Waals surface area contributed by atoms with E-state index in [0.717, 1.165) is 17.5 Å². The van der Waals surface area contributed by atoms with Gasteiger partial charge in [-0.15, -0.1) is 0 Å². The van der Waals surface area contributed by atoms with Gasteiger partial charge in [-0.2, -0.15) is 0 Å². The Kier molecular flexibility index (Phi) is 2.60. The van der Waals surface area contributed by atoms with Crippen molar-refractivity contribution in [3.8, 4) is 5.75 Å². The fraction of sp³-hybridized carbons (Fsp3) is 0.467. The van der Waals surface area contributed by atoms with E-state index in [-0.39, 0.29) is 5.56 Å². The highest BCUT2D eigenvalue weighted by atomic mass is 16.5. The molecule has 21 heavy (non-hydrogen) atoms. The second-order valence-corrected chi connectivity index (χ2v) is 5.93. The summed E-state index contributed by atoms with van der Waals surface area (Å²) in [7, 11) is 1.71. The highest BCUT2D eigenvalue weighted by Gasteiger charge is 2.34. The average molecular weight is 286 g/mol. The molecule has 2 aliphatic rings. The molecule has 0 bridgehead atoms. The lowest BCUT2D eigenvalue weighted by Crippen LogP contribution is -2.23. The summed E-state index contributed by atoms with van der Waals surface area (Å²) in [4.78, 5) is 16.8. The summed E-state index contributed by atoms with van der Waals surface area (Å²) in [6, 6.07) is 2.22. The molecule has 1 saturated carbocycles. The minimum atomic E-state index is -0.154. The first-order chi connectivity index (χ1) is 10.1. The number of fused-ring (bicyclic) bond motifs is 3. The molecule has 0 saturated heterocycles. The lowest BCUT2D eigenvalue weighted by Gasteiger charge is -2.18. The molecule has 0 aromatic carbocycles. The van der Waals surface area contributed by atoms with Crippen molar-refractivity contribution in [1.82, 2.24) is 9.55 Å². The standard InChI is InChI=1S/C15H18N4O2/c1-19-14-10(6-9(16)7-17-14)12-13(15(19)20)21-5-4-11(18-12)8-2-3-8/h6-8,11,18H,2-5,16H2,1H3/t11-/m1/s1. The minimum absolute atomic E-state index is 0.154. The molecular weight excluding hydrogens is 268 g/mol. The number of ether oxygens (including phenoxy) is 1. The average Bonchev–Trinajstić information content (AvgIpc) is 3.29. The molecule has 6 heteroatoms. The second-order valence-electron chi connectivity index (χ2n) is 5.93. The number of rotatable bonds is 1. The molecule has 3 N–H and O–H groups in total. The van der Waals surface area contributed by atoms with E-state index in [0.29, 0.717) is 35.7 Å². The maximum absolute atomic E-state index is 12.5. The molecule has 110 valence electrons. The molecule has 1 atom stereocenters. The predicted octanol–water partition coefficient (Wildman–Crippen LogP) is 1.49. The molecule has 2 aromatic heterocycles. The highest BCUT2D eigenvalue weighted by Crippen LogP contribution is 2.40. The van der Waals surface area contributed by atoms with Gasteiger partial charge in [-0.05, 0) is 24.8 Å². The third-order valence-corrected chi connectivity index (χ3v) is 4.40. The maximum atomic E-state index is 12.5. The quantitative estimate of drug-likeness (QED) is 0.830. The van der Waals surface area contributed by atoms with Crippen molar-refractivity contribution >= 4 is 22.4 Å². The van der Waals surface area contributed by atoms with Crippen LogP contribution in [0.15, 0.2) is 17.1 Å². The number of nitrogens with zero attached hydrogens (tertiary/aromatic N) is 2. The van der Waals surface area contributed by atoms with Crippen molar-refractivity contribution in [3.05, 3.63) is 22.6 Å². The van der Waals surface area contributed by atoms with Crippen LogP contribution in [0.3, 0.4) is 0 Å². The number of hydrogen-bond donors (Lipinski definition) is 2. The molecule has 0 radical (unpaired) electrons. The highest BCUT2D eigenvalue weighted by molar-refractivity contribution is 5.94. The summed E-state index contributed by atoms with van der Waals surface area (Å²) in [6.45, 7) is 0.567. The summed E-state index contributed by atoms with van der Waals surface area (Å²) in [5.74, 6) is 1.08. The monoisotopic (exact) mass is 286 g/mol. The molecule has 0 spiro atoms. The third kappa shape index (κ3) is 1.93. The van der Waals surface area contributed by atoms with Crippen molar-refractivity contribution < 1.29 is 4.74 Å². The Labute approximate surface area is 121 Å². The van der Waals surface area contributed by atoms with Gasteiger partial charge in [0.1, 0.15) is 5.65 Å². The van der Waals surface area contributed by atoms with Crippen molar-refractivity contribution in [1.29, 1.82) is 0 Å².